The second-order valence-electron chi connectivity index (χ2n) is 8.15. The molecule has 8 N–H and O–H groups in total. The average Bonchev–Trinajstić information content (AvgIpc) is 3.26. The molecule has 0 saturated carbocycles. The number of nitrogens with one attached hydrogen (secondary N) is 4. The minimum absolute atomic E-state index is 0.0701. The molecule has 0 bridgehead atoms. The van der Waals surface area contributed by atoms with Gasteiger partial charge in [-0.1, -0.05) is 13.8 Å². The molecular weight excluding hydrogens is 468 g/mol. The van der Waals surface area contributed by atoms with Crippen molar-refractivity contribution >= 4 is 42.3 Å². The second kappa shape index (κ2) is 14.2. The summed E-state index contributed by atoms with van der Waals surface area (Å²) in [5.41, 5.74) is 6.32. The summed E-state index contributed by atoms with van der Waals surface area (Å²) in [5.74, 6) is -4.79. The van der Waals surface area contributed by atoms with E-state index in [1.165, 1.54) is 12.5 Å². The molecule has 0 aliphatic carbocycles. The fraction of sp³-hybridized carbons (Fsp3) is 0.600. The van der Waals surface area contributed by atoms with Crippen LogP contribution >= 0.6 is 12.6 Å². The Balaban J connectivity index is 2.86. The van der Waals surface area contributed by atoms with E-state index in [0.29, 0.717) is 12.1 Å². The Hall–Kier alpha value is -3.13. The van der Waals surface area contributed by atoms with Crippen LogP contribution in [0.25, 0.3) is 0 Å². The minimum atomic E-state index is -1.30. The van der Waals surface area contributed by atoms with Crippen molar-refractivity contribution < 1.29 is 34.2 Å². The third-order valence-electron chi connectivity index (χ3n) is 4.75. The first-order valence-electron chi connectivity index (χ1n) is 10.6. The molecule has 0 aromatic carbocycles. The summed E-state index contributed by atoms with van der Waals surface area (Å²) in [4.78, 5) is 66.8. The molecule has 4 atom stereocenters. The van der Waals surface area contributed by atoms with Gasteiger partial charge in [-0.15, -0.1) is 0 Å². The molecule has 0 aliphatic heterocycles. The van der Waals surface area contributed by atoms with Gasteiger partial charge in [0.25, 0.3) is 0 Å². The van der Waals surface area contributed by atoms with E-state index in [4.69, 9.17) is 10.8 Å². The van der Waals surface area contributed by atoms with Crippen molar-refractivity contribution in [1.82, 2.24) is 25.9 Å². The van der Waals surface area contributed by atoms with Crippen LogP contribution in [0, 0.1) is 5.92 Å². The molecule has 190 valence electrons. The van der Waals surface area contributed by atoms with Crippen molar-refractivity contribution in [3.05, 3.63) is 18.2 Å². The van der Waals surface area contributed by atoms with Gasteiger partial charge >= 0.3 is 11.9 Å². The number of H-pyrrole nitrogens is 1. The fourth-order valence-corrected chi connectivity index (χ4v) is 3.24. The second-order valence-corrected chi connectivity index (χ2v) is 8.52. The molecule has 1 aromatic heterocycles. The van der Waals surface area contributed by atoms with E-state index in [0.717, 1.165) is 0 Å². The van der Waals surface area contributed by atoms with Crippen LogP contribution < -0.4 is 21.7 Å². The number of rotatable bonds is 15. The number of aromatic nitrogens is 2. The van der Waals surface area contributed by atoms with Gasteiger partial charge < -0.3 is 36.9 Å². The summed E-state index contributed by atoms with van der Waals surface area (Å²) in [6.07, 6.45) is 2.42. The Morgan fingerprint density at radius 2 is 1.62 bits per heavy atom. The van der Waals surface area contributed by atoms with Gasteiger partial charge in [0.2, 0.25) is 17.7 Å². The number of imidazole rings is 1. The minimum Gasteiger partial charge on any atom is -0.481 e. The molecule has 4 unspecified atom stereocenters. The first-order valence-corrected chi connectivity index (χ1v) is 11.3. The smallest absolute Gasteiger partial charge is 0.326 e. The first-order chi connectivity index (χ1) is 15.9. The quantitative estimate of drug-likeness (QED) is 0.133. The van der Waals surface area contributed by atoms with E-state index >= 15 is 0 Å². The number of carbonyl (C=O) groups excluding carboxylic acids is 3. The Bertz CT molecular complexity index is 848. The van der Waals surface area contributed by atoms with Crippen molar-refractivity contribution in [3.63, 3.8) is 0 Å². The summed E-state index contributed by atoms with van der Waals surface area (Å²) in [6, 6.07) is -4.71. The van der Waals surface area contributed by atoms with Crippen molar-refractivity contribution in [2.24, 2.45) is 11.7 Å². The van der Waals surface area contributed by atoms with Crippen LogP contribution in [-0.4, -0.2) is 79.8 Å². The summed E-state index contributed by atoms with van der Waals surface area (Å²) >= 11 is 4.05. The predicted octanol–water partition coefficient (Wildman–Crippen LogP) is -1.34. The maximum atomic E-state index is 12.8. The number of thiol groups is 1. The lowest BCUT2D eigenvalue weighted by molar-refractivity contribution is -0.142. The Morgan fingerprint density at radius 1 is 1.03 bits per heavy atom. The number of nitrogens with zero attached hydrogens (tertiary/aromatic N) is 1. The monoisotopic (exact) mass is 500 g/mol. The lowest BCUT2D eigenvalue weighted by atomic mass is 10.0. The number of aliphatic carboxylic acids is 2. The van der Waals surface area contributed by atoms with Crippen molar-refractivity contribution in [3.8, 4) is 0 Å². The molecule has 1 heterocycles. The highest BCUT2D eigenvalue weighted by molar-refractivity contribution is 7.80. The molecule has 0 spiro atoms. The zero-order valence-corrected chi connectivity index (χ0v) is 19.9. The normalized spacial score (nSPS) is 14.5. The number of aromatic amines is 1. The molecule has 1 aromatic rings. The van der Waals surface area contributed by atoms with Gasteiger partial charge in [-0.25, -0.2) is 9.78 Å². The van der Waals surface area contributed by atoms with Gasteiger partial charge in [-0.3, -0.25) is 19.2 Å². The predicted molar refractivity (Wildman–Crippen MR) is 124 cm³/mol. The first kappa shape index (κ1) is 28.9. The number of nitrogens with two attached hydrogens (primary N) is 1. The molecule has 13 nitrogen and oxygen atoms in total. The van der Waals surface area contributed by atoms with Crippen LogP contribution in [0.15, 0.2) is 12.5 Å². The Kier molecular flexibility index (Phi) is 12.1. The number of carbonyl (C=O) groups is 5. The van der Waals surface area contributed by atoms with E-state index in [-0.39, 0.29) is 24.5 Å². The highest BCUT2D eigenvalue weighted by Gasteiger charge is 2.30. The molecule has 1 rings (SSSR count). The Labute approximate surface area is 202 Å². The third kappa shape index (κ3) is 10.2. The molecule has 0 fully saturated rings. The Morgan fingerprint density at radius 3 is 2.12 bits per heavy atom. The van der Waals surface area contributed by atoms with E-state index < -0.39 is 60.2 Å². The summed E-state index contributed by atoms with van der Waals surface area (Å²) < 4.78 is 0. The topological polar surface area (TPSA) is 217 Å². The molecule has 34 heavy (non-hydrogen) atoms. The summed E-state index contributed by atoms with van der Waals surface area (Å²) in [7, 11) is 0. The molecule has 0 radical (unpaired) electrons. The maximum absolute atomic E-state index is 12.8. The highest BCUT2D eigenvalue weighted by atomic mass is 32.1. The van der Waals surface area contributed by atoms with Crippen LogP contribution in [0.3, 0.4) is 0 Å². The number of amides is 3. The van der Waals surface area contributed by atoms with Gasteiger partial charge in [0, 0.05) is 30.5 Å². The van der Waals surface area contributed by atoms with E-state index in [9.17, 15) is 29.1 Å². The molecule has 3 amide bonds. The molecule has 0 saturated heterocycles. The van der Waals surface area contributed by atoms with Crippen LogP contribution in [0.1, 0.15) is 38.8 Å². The highest BCUT2D eigenvalue weighted by Crippen LogP contribution is 2.06. The van der Waals surface area contributed by atoms with Gasteiger partial charge in [-0.05, 0) is 18.8 Å². The van der Waals surface area contributed by atoms with Gasteiger partial charge in [0.05, 0.1) is 12.4 Å². The van der Waals surface area contributed by atoms with E-state index in [1.807, 2.05) is 13.8 Å². The number of hydrogen-bond donors (Lipinski definition) is 8. The summed E-state index contributed by atoms with van der Waals surface area (Å²) in [5, 5.41) is 25.5. The molecular formula is C20H32N6O7S. The maximum Gasteiger partial charge on any atom is 0.326 e. The van der Waals surface area contributed by atoms with Gasteiger partial charge in [0.1, 0.15) is 18.1 Å². The largest absolute Gasteiger partial charge is 0.481 e. The zero-order chi connectivity index (χ0) is 25.8. The third-order valence-corrected chi connectivity index (χ3v) is 5.12. The number of carboxylic acids is 2. The molecule has 0 aliphatic rings. The van der Waals surface area contributed by atoms with Gasteiger partial charge in [-0.2, -0.15) is 12.6 Å². The zero-order valence-electron chi connectivity index (χ0n) is 19.0. The summed E-state index contributed by atoms with van der Waals surface area (Å²) in [6.45, 7) is 3.74. The van der Waals surface area contributed by atoms with Crippen molar-refractivity contribution in [1.29, 1.82) is 0 Å². The lowest BCUT2D eigenvalue weighted by Gasteiger charge is -2.24. The van der Waals surface area contributed by atoms with Crippen LogP contribution in [-0.2, 0) is 30.4 Å². The van der Waals surface area contributed by atoms with Gasteiger partial charge in [0.15, 0.2) is 0 Å². The molecule has 14 heteroatoms. The van der Waals surface area contributed by atoms with Crippen molar-refractivity contribution in [2.75, 3.05) is 5.75 Å². The average molecular weight is 501 g/mol. The van der Waals surface area contributed by atoms with Crippen LogP contribution in [0.4, 0.5) is 0 Å². The lowest BCUT2D eigenvalue weighted by Crippen LogP contribution is -2.58. The number of hydrogen-bond acceptors (Lipinski definition) is 8. The number of carboxylic acid groups (broad SMARTS) is 2. The fourth-order valence-electron chi connectivity index (χ4n) is 2.99. The SMILES string of the molecule is CC(C)CC(N)C(=O)NC(CCC(=O)O)C(=O)NC(CS)C(=O)NC(Cc1cnc[nH]1)C(=O)O. The van der Waals surface area contributed by atoms with E-state index in [1.54, 1.807) is 0 Å². The van der Waals surface area contributed by atoms with Crippen LogP contribution in [0.2, 0.25) is 0 Å². The van der Waals surface area contributed by atoms with Crippen molar-refractivity contribution in [2.45, 2.75) is 63.7 Å². The standard InChI is InChI=1S/C20H32N6O7S/c1-10(2)5-12(21)17(29)24-13(3-4-16(27)28)18(30)26-15(8-34)19(31)25-14(20(32)33)6-11-7-22-9-23-11/h7,9-10,12-15,34H,3-6,8,21H2,1-2H3,(H,22,23)(H,24,29)(H,25,31)(H,26,30)(H,27,28)(H,32,33). The van der Waals surface area contributed by atoms with E-state index in [2.05, 4.69) is 38.5 Å². The van der Waals surface area contributed by atoms with Crippen LogP contribution in [0.5, 0.6) is 0 Å².